The third-order valence-electron chi connectivity index (χ3n) is 3.19. The van der Waals surface area contributed by atoms with Crippen molar-refractivity contribution in [3.63, 3.8) is 0 Å². The van der Waals surface area contributed by atoms with Gasteiger partial charge in [-0.2, -0.15) is 5.10 Å². The van der Waals surface area contributed by atoms with E-state index in [2.05, 4.69) is 15.8 Å². The Morgan fingerprint density at radius 3 is 2.83 bits per heavy atom. The van der Waals surface area contributed by atoms with E-state index in [1.54, 1.807) is 30.3 Å². The standard InChI is InChI=1S/C16H15N3O5/c1-10-2-4-12(24-10)7-18-19-15(20)8-17-16(21)11-3-5-13-14(6-11)23-9-22-13/h2-7H,8-9H2,1H3,(H,17,21)(H,19,20)/b18-7-. The van der Waals surface area contributed by atoms with Gasteiger partial charge in [0.05, 0.1) is 12.8 Å². The summed E-state index contributed by atoms with van der Waals surface area (Å²) in [6.45, 7) is 1.74. The van der Waals surface area contributed by atoms with E-state index < -0.39 is 11.8 Å². The van der Waals surface area contributed by atoms with Gasteiger partial charge in [-0.1, -0.05) is 0 Å². The Morgan fingerprint density at radius 2 is 2.04 bits per heavy atom. The van der Waals surface area contributed by atoms with Crippen LogP contribution in [0.5, 0.6) is 11.5 Å². The number of carbonyl (C=O) groups excluding carboxylic acids is 2. The molecule has 2 N–H and O–H groups in total. The van der Waals surface area contributed by atoms with Crippen molar-refractivity contribution >= 4 is 18.0 Å². The number of aryl methyl sites for hydroxylation is 1. The minimum atomic E-state index is -0.455. The first-order valence-corrected chi connectivity index (χ1v) is 7.18. The molecule has 0 radical (unpaired) electrons. The zero-order valence-corrected chi connectivity index (χ0v) is 12.9. The second-order valence-corrected chi connectivity index (χ2v) is 4.99. The number of ether oxygens (including phenoxy) is 2. The Labute approximate surface area is 137 Å². The zero-order valence-electron chi connectivity index (χ0n) is 12.9. The molecule has 0 aliphatic carbocycles. The highest BCUT2D eigenvalue weighted by molar-refractivity contribution is 5.97. The second kappa shape index (κ2) is 6.86. The molecule has 0 unspecified atom stereocenters. The van der Waals surface area contributed by atoms with Gasteiger partial charge in [-0.15, -0.1) is 0 Å². The number of carbonyl (C=O) groups is 2. The van der Waals surface area contributed by atoms with E-state index in [-0.39, 0.29) is 13.3 Å². The molecule has 0 saturated carbocycles. The first-order chi connectivity index (χ1) is 11.6. The predicted octanol–water partition coefficient (Wildman–Crippen LogP) is 1.20. The van der Waals surface area contributed by atoms with E-state index in [4.69, 9.17) is 13.9 Å². The van der Waals surface area contributed by atoms with Crippen molar-refractivity contribution in [3.05, 3.63) is 47.4 Å². The van der Waals surface area contributed by atoms with Gasteiger partial charge in [-0.05, 0) is 37.3 Å². The number of hydrazone groups is 1. The Kier molecular flexibility index (Phi) is 4.46. The lowest BCUT2D eigenvalue weighted by molar-refractivity contribution is -0.120. The van der Waals surface area contributed by atoms with E-state index in [1.807, 2.05) is 6.92 Å². The van der Waals surface area contributed by atoms with Crippen LogP contribution in [0.1, 0.15) is 21.9 Å². The molecule has 0 saturated heterocycles. The highest BCUT2D eigenvalue weighted by atomic mass is 16.7. The van der Waals surface area contributed by atoms with E-state index in [1.165, 1.54) is 6.21 Å². The average Bonchev–Trinajstić information content (AvgIpc) is 3.20. The fourth-order valence-electron chi connectivity index (χ4n) is 2.03. The Hall–Kier alpha value is -3.29. The topological polar surface area (TPSA) is 102 Å². The molecule has 0 fully saturated rings. The monoisotopic (exact) mass is 329 g/mol. The summed E-state index contributed by atoms with van der Waals surface area (Å²) in [5, 5.41) is 6.24. The molecule has 1 aliphatic heterocycles. The molecule has 2 amide bonds. The summed E-state index contributed by atoms with van der Waals surface area (Å²) in [7, 11) is 0. The van der Waals surface area contributed by atoms with Gasteiger partial charge < -0.3 is 19.2 Å². The van der Waals surface area contributed by atoms with Crippen molar-refractivity contribution in [2.24, 2.45) is 5.10 Å². The number of amides is 2. The summed E-state index contributed by atoms with van der Waals surface area (Å²) in [4.78, 5) is 23.7. The van der Waals surface area contributed by atoms with Crippen LogP contribution in [0.4, 0.5) is 0 Å². The number of fused-ring (bicyclic) bond motifs is 1. The molecule has 0 spiro atoms. The minimum absolute atomic E-state index is 0.135. The Morgan fingerprint density at radius 1 is 1.21 bits per heavy atom. The van der Waals surface area contributed by atoms with Crippen LogP contribution >= 0.6 is 0 Å². The molecule has 8 heteroatoms. The van der Waals surface area contributed by atoms with Gasteiger partial charge in [0.1, 0.15) is 11.5 Å². The summed E-state index contributed by atoms with van der Waals surface area (Å²) < 4.78 is 15.6. The third kappa shape index (κ3) is 3.72. The molecule has 2 heterocycles. The van der Waals surface area contributed by atoms with Crippen molar-refractivity contribution in [2.75, 3.05) is 13.3 Å². The van der Waals surface area contributed by atoms with Gasteiger partial charge in [-0.3, -0.25) is 9.59 Å². The molecule has 3 rings (SSSR count). The second-order valence-electron chi connectivity index (χ2n) is 4.99. The van der Waals surface area contributed by atoms with Crippen molar-refractivity contribution in [3.8, 4) is 11.5 Å². The molecule has 0 atom stereocenters. The van der Waals surface area contributed by atoms with E-state index in [0.717, 1.165) is 5.76 Å². The maximum atomic E-state index is 12.0. The lowest BCUT2D eigenvalue weighted by Crippen LogP contribution is -2.34. The number of hydrogen-bond donors (Lipinski definition) is 2. The number of furan rings is 1. The molecular weight excluding hydrogens is 314 g/mol. The predicted molar refractivity (Wildman–Crippen MR) is 84.1 cm³/mol. The van der Waals surface area contributed by atoms with Crippen molar-refractivity contribution in [1.82, 2.24) is 10.7 Å². The maximum absolute atomic E-state index is 12.0. The number of benzene rings is 1. The van der Waals surface area contributed by atoms with Crippen LogP contribution in [0.2, 0.25) is 0 Å². The summed E-state index contributed by atoms with van der Waals surface area (Å²) in [6.07, 6.45) is 1.38. The first-order valence-electron chi connectivity index (χ1n) is 7.18. The maximum Gasteiger partial charge on any atom is 0.259 e. The molecule has 2 aromatic rings. The van der Waals surface area contributed by atoms with Crippen LogP contribution in [0.25, 0.3) is 0 Å². The Bertz CT molecular complexity index is 797. The first kappa shape index (κ1) is 15.6. The van der Waals surface area contributed by atoms with Crippen LogP contribution < -0.4 is 20.2 Å². The van der Waals surface area contributed by atoms with Gasteiger partial charge in [0, 0.05) is 5.56 Å². The normalized spacial score (nSPS) is 12.4. The van der Waals surface area contributed by atoms with Crippen LogP contribution in [0.3, 0.4) is 0 Å². The van der Waals surface area contributed by atoms with E-state index in [0.29, 0.717) is 22.8 Å². The average molecular weight is 329 g/mol. The SMILES string of the molecule is Cc1ccc(/C=N\NC(=O)CNC(=O)c2ccc3c(c2)OCO3)o1. The summed E-state index contributed by atoms with van der Waals surface area (Å²) >= 11 is 0. The smallest absolute Gasteiger partial charge is 0.259 e. The molecule has 24 heavy (non-hydrogen) atoms. The fraction of sp³-hybridized carbons (Fsp3) is 0.188. The van der Waals surface area contributed by atoms with Gasteiger partial charge in [0.2, 0.25) is 6.79 Å². The minimum Gasteiger partial charge on any atom is -0.460 e. The van der Waals surface area contributed by atoms with Crippen molar-refractivity contribution < 1.29 is 23.5 Å². The number of nitrogens with zero attached hydrogens (tertiary/aromatic N) is 1. The summed E-state index contributed by atoms with van der Waals surface area (Å²) in [5.41, 5.74) is 2.68. The molecule has 124 valence electrons. The molecular formula is C16H15N3O5. The lowest BCUT2D eigenvalue weighted by atomic mass is 10.2. The summed E-state index contributed by atoms with van der Waals surface area (Å²) in [5.74, 6) is 1.52. The number of rotatable bonds is 5. The van der Waals surface area contributed by atoms with Crippen LogP contribution in [-0.4, -0.2) is 31.4 Å². The molecule has 0 bridgehead atoms. The fourth-order valence-corrected chi connectivity index (χ4v) is 2.03. The third-order valence-corrected chi connectivity index (χ3v) is 3.19. The largest absolute Gasteiger partial charge is 0.460 e. The van der Waals surface area contributed by atoms with Gasteiger partial charge in [-0.25, -0.2) is 5.43 Å². The quantitative estimate of drug-likeness (QED) is 0.634. The van der Waals surface area contributed by atoms with Crippen LogP contribution in [-0.2, 0) is 4.79 Å². The van der Waals surface area contributed by atoms with Gasteiger partial charge in [0.25, 0.3) is 11.8 Å². The number of hydrogen-bond acceptors (Lipinski definition) is 6. The molecule has 1 aliphatic rings. The van der Waals surface area contributed by atoms with Gasteiger partial charge >= 0.3 is 0 Å². The van der Waals surface area contributed by atoms with Crippen molar-refractivity contribution in [2.45, 2.75) is 6.92 Å². The van der Waals surface area contributed by atoms with Crippen LogP contribution in [0.15, 0.2) is 39.9 Å². The van der Waals surface area contributed by atoms with Gasteiger partial charge in [0.15, 0.2) is 11.5 Å². The van der Waals surface area contributed by atoms with E-state index in [9.17, 15) is 9.59 Å². The highest BCUT2D eigenvalue weighted by Gasteiger charge is 2.16. The Balaban J connectivity index is 1.47. The van der Waals surface area contributed by atoms with E-state index >= 15 is 0 Å². The van der Waals surface area contributed by atoms with Crippen LogP contribution in [0, 0.1) is 6.92 Å². The molecule has 1 aromatic heterocycles. The zero-order chi connectivity index (χ0) is 16.9. The highest BCUT2D eigenvalue weighted by Crippen LogP contribution is 2.32. The summed E-state index contributed by atoms with van der Waals surface area (Å²) in [6, 6.07) is 8.32. The molecule has 1 aromatic carbocycles. The lowest BCUT2D eigenvalue weighted by Gasteiger charge is -2.05. The van der Waals surface area contributed by atoms with Crippen molar-refractivity contribution in [1.29, 1.82) is 0 Å². The molecule has 8 nitrogen and oxygen atoms in total. The number of nitrogens with one attached hydrogen (secondary N) is 2.